The van der Waals surface area contributed by atoms with Crippen molar-refractivity contribution in [2.45, 2.75) is 63.6 Å². The number of rotatable bonds is 7. The van der Waals surface area contributed by atoms with Crippen molar-refractivity contribution in [3.8, 4) is 0 Å². The SMILES string of the molecule is CCCSc1ncccc1C(=O)N1CCC(N2C(=O)OCC2CC(C)C)CC1. The van der Waals surface area contributed by atoms with E-state index in [4.69, 9.17) is 4.74 Å². The highest BCUT2D eigenvalue weighted by atomic mass is 32.2. The quantitative estimate of drug-likeness (QED) is 0.640. The normalized spacial score (nSPS) is 20.7. The zero-order chi connectivity index (χ0) is 20.1. The zero-order valence-electron chi connectivity index (χ0n) is 17.1. The number of cyclic esters (lactones) is 1. The number of nitrogens with zero attached hydrogens (tertiary/aromatic N) is 3. The molecule has 1 aromatic heterocycles. The van der Waals surface area contributed by atoms with Crippen LogP contribution in [0.25, 0.3) is 0 Å². The minimum atomic E-state index is -0.194. The molecule has 1 aromatic rings. The van der Waals surface area contributed by atoms with E-state index in [1.54, 1.807) is 18.0 Å². The smallest absolute Gasteiger partial charge is 0.410 e. The molecule has 7 heteroatoms. The van der Waals surface area contributed by atoms with Crippen LogP contribution >= 0.6 is 11.8 Å². The molecule has 0 bridgehead atoms. The largest absolute Gasteiger partial charge is 0.447 e. The molecule has 3 rings (SSSR count). The van der Waals surface area contributed by atoms with E-state index < -0.39 is 0 Å². The van der Waals surface area contributed by atoms with E-state index in [1.807, 2.05) is 21.9 Å². The van der Waals surface area contributed by atoms with E-state index in [-0.39, 0.29) is 24.1 Å². The van der Waals surface area contributed by atoms with Gasteiger partial charge in [-0.1, -0.05) is 20.8 Å². The Hall–Kier alpha value is -1.76. The van der Waals surface area contributed by atoms with Gasteiger partial charge in [0, 0.05) is 25.3 Å². The third-order valence-corrected chi connectivity index (χ3v) is 6.55. The van der Waals surface area contributed by atoms with Crippen LogP contribution in [-0.2, 0) is 4.74 Å². The molecule has 1 unspecified atom stereocenters. The molecular weight excluding hydrogens is 374 g/mol. The lowest BCUT2D eigenvalue weighted by atomic mass is 9.98. The predicted octanol–water partition coefficient (Wildman–Crippen LogP) is 4.06. The minimum absolute atomic E-state index is 0.0490. The van der Waals surface area contributed by atoms with E-state index in [9.17, 15) is 9.59 Å². The second kappa shape index (κ2) is 9.63. The fraction of sp³-hybridized carbons (Fsp3) is 0.667. The molecule has 28 heavy (non-hydrogen) atoms. The summed E-state index contributed by atoms with van der Waals surface area (Å²) in [6.45, 7) is 8.28. The van der Waals surface area contributed by atoms with Gasteiger partial charge in [0.2, 0.25) is 0 Å². The lowest BCUT2D eigenvalue weighted by Crippen LogP contribution is -2.50. The van der Waals surface area contributed by atoms with Crippen molar-refractivity contribution >= 4 is 23.8 Å². The summed E-state index contributed by atoms with van der Waals surface area (Å²) in [5.41, 5.74) is 0.692. The first-order valence-corrected chi connectivity index (χ1v) is 11.3. The molecular formula is C21H31N3O3S. The number of hydrogen-bond acceptors (Lipinski definition) is 5. The minimum Gasteiger partial charge on any atom is -0.447 e. The summed E-state index contributed by atoms with van der Waals surface area (Å²) in [6, 6.07) is 4.02. The molecule has 2 amide bonds. The van der Waals surface area contributed by atoms with Crippen molar-refractivity contribution in [2.75, 3.05) is 25.4 Å². The van der Waals surface area contributed by atoms with Crippen LogP contribution < -0.4 is 0 Å². The van der Waals surface area contributed by atoms with Crippen LogP contribution in [0, 0.1) is 5.92 Å². The van der Waals surface area contributed by atoms with E-state index >= 15 is 0 Å². The lowest BCUT2D eigenvalue weighted by Gasteiger charge is -2.38. The van der Waals surface area contributed by atoms with Crippen LogP contribution in [0.1, 0.15) is 56.8 Å². The number of carbonyl (C=O) groups excluding carboxylic acids is 2. The Kier molecular flexibility index (Phi) is 7.21. The molecule has 0 saturated carbocycles. The molecule has 0 N–H and O–H groups in total. The number of aromatic nitrogens is 1. The summed E-state index contributed by atoms with van der Waals surface area (Å²) >= 11 is 1.64. The molecule has 0 aromatic carbocycles. The van der Waals surface area contributed by atoms with E-state index in [2.05, 4.69) is 25.8 Å². The maximum atomic E-state index is 13.1. The second-order valence-electron chi connectivity index (χ2n) is 8.00. The summed E-state index contributed by atoms with van der Waals surface area (Å²) in [5, 5.41) is 0.816. The van der Waals surface area contributed by atoms with Gasteiger partial charge in [-0.3, -0.25) is 9.69 Å². The molecule has 6 nitrogen and oxygen atoms in total. The summed E-state index contributed by atoms with van der Waals surface area (Å²) in [5.74, 6) is 1.52. The van der Waals surface area contributed by atoms with Crippen molar-refractivity contribution < 1.29 is 14.3 Å². The van der Waals surface area contributed by atoms with E-state index in [0.29, 0.717) is 31.2 Å². The molecule has 3 heterocycles. The van der Waals surface area contributed by atoms with Crippen LogP contribution in [0.5, 0.6) is 0 Å². The Morgan fingerprint density at radius 3 is 2.79 bits per heavy atom. The first-order valence-electron chi connectivity index (χ1n) is 10.3. The van der Waals surface area contributed by atoms with Crippen molar-refractivity contribution in [2.24, 2.45) is 5.92 Å². The number of carbonyl (C=O) groups is 2. The van der Waals surface area contributed by atoms with Crippen molar-refractivity contribution in [1.82, 2.24) is 14.8 Å². The van der Waals surface area contributed by atoms with Crippen LogP contribution in [-0.4, -0.2) is 64.3 Å². The van der Waals surface area contributed by atoms with Crippen LogP contribution in [0.4, 0.5) is 4.79 Å². The van der Waals surface area contributed by atoms with Gasteiger partial charge in [-0.15, -0.1) is 11.8 Å². The lowest BCUT2D eigenvalue weighted by molar-refractivity contribution is 0.0626. The highest BCUT2D eigenvalue weighted by Crippen LogP contribution is 2.28. The van der Waals surface area contributed by atoms with Gasteiger partial charge in [-0.2, -0.15) is 0 Å². The maximum Gasteiger partial charge on any atom is 0.410 e. The summed E-state index contributed by atoms with van der Waals surface area (Å²) in [7, 11) is 0. The Labute approximate surface area is 172 Å². The Bertz CT molecular complexity index is 689. The zero-order valence-corrected chi connectivity index (χ0v) is 17.9. The Balaban J connectivity index is 1.62. The molecule has 154 valence electrons. The first-order chi connectivity index (χ1) is 13.5. The third-order valence-electron chi connectivity index (χ3n) is 5.34. The molecule has 0 aliphatic carbocycles. The number of piperidine rings is 1. The number of thioether (sulfide) groups is 1. The van der Waals surface area contributed by atoms with Gasteiger partial charge in [0.15, 0.2) is 0 Å². The van der Waals surface area contributed by atoms with Crippen molar-refractivity contribution in [3.05, 3.63) is 23.9 Å². The number of amides is 2. The monoisotopic (exact) mass is 405 g/mol. The highest BCUT2D eigenvalue weighted by molar-refractivity contribution is 7.99. The number of pyridine rings is 1. The molecule has 0 spiro atoms. The van der Waals surface area contributed by atoms with Crippen molar-refractivity contribution in [3.63, 3.8) is 0 Å². The average molecular weight is 406 g/mol. The topological polar surface area (TPSA) is 62.7 Å². The van der Waals surface area contributed by atoms with Gasteiger partial charge in [0.05, 0.1) is 11.6 Å². The second-order valence-corrected chi connectivity index (χ2v) is 9.08. The van der Waals surface area contributed by atoms with E-state index in [1.165, 1.54) is 0 Å². The van der Waals surface area contributed by atoms with Gasteiger partial charge >= 0.3 is 6.09 Å². The molecule has 1 atom stereocenters. The molecule has 2 saturated heterocycles. The molecule has 0 radical (unpaired) electrons. The summed E-state index contributed by atoms with van der Waals surface area (Å²) in [6.07, 6.45) is 5.15. The molecule has 2 aliphatic rings. The van der Waals surface area contributed by atoms with Gasteiger partial charge < -0.3 is 9.64 Å². The van der Waals surface area contributed by atoms with Crippen molar-refractivity contribution in [1.29, 1.82) is 0 Å². The maximum absolute atomic E-state index is 13.1. The van der Waals surface area contributed by atoms with Crippen LogP contribution in [0.2, 0.25) is 0 Å². The van der Waals surface area contributed by atoms with Gasteiger partial charge in [-0.25, -0.2) is 9.78 Å². The van der Waals surface area contributed by atoms with Gasteiger partial charge in [0.1, 0.15) is 11.6 Å². The number of hydrogen-bond donors (Lipinski definition) is 0. The van der Waals surface area contributed by atoms with Gasteiger partial charge in [0.25, 0.3) is 5.91 Å². The predicted molar refractivity (Wildman–Crippen MR) is 111 cm³/mol. The summed E-state index contributed by atoms with van der Waals surface area (Å²) < 4.78 is 5.32. The Morgan fingerprint density at radius 2 is 2.11 bits per heavy atom. The molecule has 2 fully saturated rings. The average Bonchev–Trinajstić information content (AvgIpc) is 3.05. The fourth-order valence-corrected chi connectivity index (χ4v) is 4.87. The Morgan fingerprint density at radius 1 is 1.36 bits per heavy atom. The third kappa shape index (κ3) is 4.80. The first kappa shape index (κ1) is 21.0. The fourth-order valence-electron chi connectivity index (χ4n) is 4.03. The van der Waals surface area contributed by atoms with Crippen LogP contribution in [0.3, 0.4) is 0 Å². The van der Waals surface area contributed by atoms with Crippen LogP contribution in [0.15, 0.2) is 23.4 Å². The highest BCUT2D eigenvalue weighted by Gasteiger charge is 2.40. The number of ether oxygens (including phenoxy) is 1. The summed E-state index contributed by atoms with van der Waals surface area (Å²) in [4.78, 5) is 33.6. The molecule has 2 aliphatic heterocycles. The van der Waals surface area contributed by atoms with E-state index in [0.717, 1.165) is 36.5 Å². The van der Waals surface area contributed by atoms with Gasteiger partial charge in [-0.05, 0) is 49.5 Å². The standard InChI is InChI=1S/C21H31N3O3S/c1-4-12-28-19-18(6-5-9-22-19)20(25)23-10-7-16(8-11-23)24-17(13-15(2)3)14-27-21(24)26/h5-6,9,15-17H,4,7-8,10-14H2,1-3H3. The number of likely N-dealkylation sites (tertiary alicyclic amines) is 1.